The van der Waals surface area contributed by atoms with Crippen molar-refractivity contribution < 1.29 is 14.0 Å². The van der Waals surface area contributed by atoms with E-state index in [-0.39, 0.29) is 31.4 Å². The molecule has 0 atom stereocenters. The molecule has 0 aliphatic carbocycles. The first kappa shape index (κ1) is 14.0. The van der Waals surface area contributed by atoms with Gasteiger partial charge in [-0.25, -0.2) is 4.39 Å². The molecule has 1 aliphatic rings. The highest BCUT2D eigenvalue weighted by Crippen LogP contribution is 2.15. The number of carbonyl (C=O) groups excluding carboxylic acids is 2. The number of hydrogen-bond donors (Lipinski definition) is 0. The van der Waals surface area contributed by atoms with Gasteiger partial charge in [-0.15, -0.1) is 0 Å². The van der Waals surface area contributed by atoms with Crippen LogP contribution in [-0.4, -0.2) is 41.2 Å². The highest BCUT2D eigenvalue weighted by molar-refractivity contribution is 5.92. The summed E-state index contributed by atoms with van der Waals surface area (Å²) in [7, 11) is 0. The lowest BCUT2D eigenvalue weighted by Gasteiger charge is -2.33. The second kappa shape index (κ2) is 5.70. The van der Waals surface area contributed by atoms with Crippen LogP contribution in [0.5, 0.6) is 0 Å². The maximum atomic E-state index is 13.2. The Morgan fingerprint density at radius 2 is 1.90 bits per heavy atom. The minimum Gasteiger partial charge on any atom is -0.332 e. The average Bonchev–Trinajstić information content (AvgIpc) is 2.42. The topological polar surface area (TPSA) is 64.4 Å². The highest BCUT2D eigenvalue weighted by atomic mass is 19.1. The Morgan fingerprint density at radius 3 is 2.55 bits per heavy atom. The van der Waals surface area contributed by atoms with Gasteiger partial charge in [0.1, 0.15) is 12.4 Å². The van der Waals surface area contributed by atoms with Gasteiger partial charge in [0.15, 0.2) is 0 Å². The van der Waals surface area contributed by atoms with E-state index in [4.69, 9.17) is 5.26 Å². The number of amides is 2. The van der Waals surface area contributed by atoms with Gasteiger partial charge in [0.25, 0.3) is 0 Å². The van der Waals surface area contributed by atoms with Gasteiger partial charge < -0.3 is 9.80 Å². The molecule has 0 N–H and O–H groups in total. The standard InChI is InChI=1S/C14H14FN3O2/c1-2-17-8-14(20)18(9-13(17)19)7-11-5-12(15)4-3-10(11)6-16/h3-5H,2,7-9H2,1H3. The quantitative estimate of drug-likeness (QED) is 0.823. The predicted octanol–water partition coefficient (Wildman–Crippen LogP) is 0.888. The molecule has 0 unspecified atom stereocenters. The number of nitrogens with zero attached hydrogens (tertiary/aromatic N) is 3. The fraction of sp³-hybridized carbons (Fsp3) is 0.357. The van der Waals surface area contributed by atoms with Crippen molar-refractivity contribution in [3.05, 3.63) is 35.1 Å². The number of benzene rings is 1. The van der Waals surface area contributed by atoms with Crippen LogP contribution in [0, 0.1) is 17.1 Å². The van der Waals surface area contributed by atoms with Crippen molar-refractivity contribution in [3.63, 3.8) is 0 Å². The summed E-state index contributed by atoms with van der Waals surface area (Å²) in [5.74, 6) is -0.799. The lowest BCUT2D eigenvalue weighted by atomic mass is 10.1. The smallest absolute Gasteiger partial charge is 0.242 e. The van der Waals surface area contributed by atoms with Crippen LogP contribution in [0.4, 0.5) is 4.39 Å². The fourth-order valence-corrected chi connectivity index (χ4v) is 2.14. The van der Waals surface area contributed by atoms with E-state index >= 15 is 0 Å². The Labute approximate surface area is 116 Å². The normalized spacial score (nSPS) is 15.4. The third-order valence-electron chi connectivity index (χ3n) is 3.29. The number of hydrogen-bond acceptors (Lipinski definition) is 3. The lowest BCUT2D eigenvalue weighted by molar-refractivity contribution is -0.150. The van der Waals surface area contributed by atoms with Crippen LogP contribution in [0.25, 0.3) is 0 Å². The molecular weight excluding hydrogens is 261 g/mol. The second-order valence-electron chi connectivity index (χ2n) is 4.57. The first-order valence-electron chi connectivity index (χ1n) is 6.29. The van der Waals surface area contributed by atoms with Gasteiger partial charge in [0.05, 0.1) is 18.2 Å². The lowest BCUT2D eigenvalue weighted by Crippen LogP contribution is -2.53. The Kier molecular flexibility index (Phi) is 3.99. The molecule has 0 saturated carbocycles. The molecule has 1 aromatic carbocycles. The van der Waals surface area contributed by atoms with Crippen molar-refractivity contribution in [2.75, 3.05) is 19.6 Å². The van der Waals surface area contributed by atoms with E-state index in [9.17, 15) is 14.0 Å². The van der Waals surface area contributed by atoms with Gasteiger partial charge in [0, 0.05) is 13.1 Å². The van der Waals surface area contributed by atoms with Gasteiger partial charge in [-0.3, -0.25) is 9.59 Å². The number of halogens is 1. The number of rotatable bonds is 3. The minimum absolute atomic E-state index is 0.0337. The SMILES string of the molecule is CCN1CC(=O)N(Cc2cc(F)ccc2C#N)CC1=O. The van der Waals surface area contributed by atoms with Gasteiger partial charge in [-0.05, 0) is 30.7 Å². The minimum atomic E-state index is -0.468. The maximum absolute atomic E-state index is 13.2. The van der Waals surface area contributed by atoms with Crippen molar-refractivity contribution in [2.45, 2.75) is 13.5 Å². The van der Waals surface area contributed by atoms with Gasteiger partial charge in [-0.1, -0.05) is 0 Å². The van der Waals surface area contributed by atoms with Gasteiger partial charge in [0.2, 0.25) is 11.8 Å². The van der Waals surface area contributed by atoms with E-state index in [1.165, 1.54) is 28.0 Å². The van der Waals surface area contributed by atoms with E-state index in [1.54, 1.807) is 6.92 Å². The van der Waals surface area contributed by atoms with E-state index in [0.717, 1.165) is 0 Å². The molecule has 0 aromatic heterocycles. The summed E-state index contributed by atoms with van der Waals surface area (Å²) in [6.45, 7) is 2.37. The van der Waals surface area contributed by atoms with E-state index in [1.807, 2.05) is 6.07 Å². The summed E-state index contributed by atoms with van der Waals surface area (Å²) in [6, 6.07) is 5.76. The monoisotopic (exact) mass is 275 g/mol. The van der Waals surface area contributed by atoms with Crippen LogP contribution in [0.2, 0.25) is 0 Å². The largest absolute Gasteiger partial charge is 0.332 e. The molecule has 104 valence electrons. The van der Waals surface area contributed by atoms with Crippen molar-refractivity contribution in [3.8, 4) is 6.07 Å². The molecular formula is C14H14FN3O2. The fourth-order valence-electron chi connectivity index (χ4n) is 2.14. The molecule has 6 heteroatoms. The number of carbonyl (C=O) groups is 2. The Bertz CT molecular complexity index is 595. The molecule has 2 rings (SSSR count). The van der Waals surface area contributed by atoms with Crippen LogP contribution in [0.3, 0.4) is 0 Å². The number of piperazine rings is 1. The molecule has 0 radical (unpaired) electrons. The summed E-state index contributed by atoms with van der Waals surface area (Å²) in [5, 5.41) is 8.99. The first-order chi connectivity index (χ1) is 9.55. The molecule has 1 aliphatic heterocycles. The highest BCUT2D eigenvalue weighted by Gasteiger charge is 2.29. The zero-order valence-corrected chi connectivity index (χ0v) is 11.1. The summed E-state index contributed by atoms with van der Waals surface area (Å²) < 4.78 is 13.2. The zero-order chi connectivity index (χ0) is 14.7. The van der Waals surface area contributed by atoms with Crippen molar-refractivity contribution in [1.82, 2.24) is 9.80 Å². The van der Waals surface area contributed by atoms with Crippen LogP contribution in [-0.2, 0) is 16.1 Å². The molecule has 0 spiro atoms. The molecule has 2 amide bonds. The maximum Gasteiger partial charge on any atom is 0.242 e. The predicted molar refractivity (Wildman–Crippen MR) is 68.8 cm³/mol. The number of likely N-dealkylation sites (N-methyl/N-ethyl adjacent to an activating group) is 1. The summed E-state index contributed by atoms with van der Waals surface area (Å²) >= 11 is 0. The van der Waals surface area contributed by atoms with Gasteiger partial charge >= 0.3 is 0 Å². The average molecular weight is 275 g/mol. The van der Waals surface area contributed by atoms with Crippen molar-refractivity contribution >= 4 is 11.8 Å². The van der Waals surface area contributed by atoms with Gasteiger partial charge in [-0.2, -0.15) is 5.26 Å². The Balaban J connectivity index is 2.19. The Morgan fingerprint density at radius 1 is 1.25 bits per heavy atom. The second-order valence-corrected chi connectivity index (χ2v) is 4.57. The molecule has 5 nitrogen and oxygen atoms in total. The zero-order valence-electron chi connectivity index (χ0n) is 11.1. The van der Waals surface area contributed by atoms with Crippen molar-refractivity contribution in [2.24, 2.45) is 0 Å². The van der Waals surface area contributed by atoms with Crippen LogP contribution in [0.15, 0.2) is 18.2 Å². The third kappa shape index (κ3) is 2.77. The molecule has 20 heavy (non-hydrogen) atoms. The first-order valence-corrected chi connectivity index (χ1v) is 6.29. The van der Waals surface area contributed by atoms with Crippen LogP contribution < -0.4 is 0 Å². The number of nitriles is 1. The molecule has 1 fully saturated rings. The van der Waals surface area contributed by atoms with Crippen molar-refractivity contribution in [1.29, 1.82) is 5.26 Å². The molecule has 1 heterocycles. The summed E-state index contributed by atoms with van der Waals surface area (Å²) in [6.07, 6.45) is 0. The van der Waals surface area contributed by atoms with Crippen LogP contribution in [0.1, 0.15) is 18.1 Å². The molecule has 1 saturated heterocycles. The Hall–Kier alpha value is -2.42. The van der Waals surface area contributed by atoms with E-state index in [2.05, 4.69) is 0 Å². The summed E-state index contributed by atoms with van der Waals surface area (Å²) in [4.78, 5) is 26.6. The van der Waals surface area contributed by atoms with Crippen LogP contribution >= 0.6 is 0 Å². The molecule has 0 bridgehead atoms. The summed E-state index contributed by atoms with van der Waals surface area (Å²) in [5.41, 5.74) is 0.725. The third-order valence-corrected chi connectivity index (χ3v) is 3.29. The van der Waals surface area contributed by atoms with E-state index < -0.39 is 5.82 Å². The molecule has 1 aromatic rings. The van der Waals surface area contributed by atoms with E-state index in [0.29, 0.717) is 17.7 Å².